The van der Waals surface area contributed by atoms with Gasteiger partial charge in [-0.05, 0) is 60.0 Å². The summed E-state index contributed by atoms with van der Waals surface area (Å²) in [4.78, 5) is 7.22. The van der Waals surface area contributed by atoms with E-state index in [2.05, 4.69) is 84.5 Å². The average Bonchev–Trinajstić information content (AvgIpc) is 3.22. The summed E-state index contributed by atoms with van der Waals surface area (Å²) in [6, 6.07) is 21.8. The number of fused-ring (bicyclic) bond motifs is 7. The van der Waals surface area contributed by atoms with E-state index >= 15 is 0 Å². The van der Waals surface area contributed by atoms with E-state index in [1.54, 1.807) is 0 Å². The second-order valence-electron chi connectivity index (χ2n) is 7.28. The summed E-state index contributed by atoms with van der Waals surface area (Å²) in [5.41, 5.74) is 7.54. The number of rotatable bonds is 0. The van der Waals surface area contributed by atoms with Gasteiger partial charge in [0.2, 0.25) is 0 Å². The maximum atomic E-state index is 3.62. The van der Waals surface area contributed by atoms with E-state index in [4.69, 9.17) is 0 Å². The van der Waals surface area contributed by atoms with Crippen molar-refractivity contribution in [2.45, 2.75) is 13.8 Å². The van der Waals surface area contributed by atoms with Crippen LogP contribution in [0.2, 0.25) is 0 Å². The van der Waals surface area contributed by atoms with Crippen molar-refractivity contribution in [2.24, 2.45) is 0 Å². The van der Waals surface area contributed by atoms with Crippen LogP contribution in [0.1, 0.15) is 11.1 Å². The van der Waals surface area contributed by atoms with Gasteiger partial charge in [0.25, 0.3) is 0 Å². The Kier molecular flexibility index (Phi) is 2.51. The highest BCUT2D eigenvalue weighted by atomic mass is 14.7. The van der Waals surface area contributed by atoms with Crippen LogP contribution in [0.25, 0.3) is 54.4 Å². The molecule has 2 heteroatoms. The van der Waals surface area contributed by atoms with E-state index in [1.165, 1.54) is 65.5 Å². The van der Waals surface area contributed by atoms with Crippen LogP contribution in [0, 0.1) is 13.8 Å². The first-order valence-electron chi connectivity index (χ1n) is 9.06. The molecule has 0 bridgehead atoms. The van der Waals surface area contributed by atoms with E-state index in [1.807, 2.05) is 0 Å². The fourth-order valence-corrected chi connectivity index (χ4v) is 4.62. The lowest BCUT2D eigenvalue weighted by molar-refractivity contribution is 1.47. The predicted molar refractivity (Wildman–Crippen MR) is 112 cm³/mol. The molecule has 0 aliphatic heterocycles. The Hall–Kier alpha value is -3.26. The molecule has 0 amide bonds. The average molecular weight is 334 g/mol. The number of para-hydroxylation sites is 2. The normalized spacial score (nSPS) is 12.2. The maximum Gasteiger partial charge on any atom is 0.0501 e. The van der Waals surface area contributed by atoms with Crippen LogP contribution in [0.4, 0.5) is 0 Å². The van der Waals surface area contributed by atoms with Crippen LogP contribution in [-0.2, 0) is 0 Å². The van der Waals surface area contributed by atoms with Crippen LogP contribution in [0.15, 0.2) is 60.7 Å². The van der Waals surface area contributed by atoms with Crippen LogP contribution < -0.4 is 0 Å². The lowest BCUT2D eigenvalue weighted by atomic mass is 9.94. The Bertz CT molecular complexity index is 1490. The highest BCUT2D eigenvalue weighted by molar-refractivity contribution is 6.19. The van der Waals surface area contributed by atoms with Crippen molar-refractivity contribution in [3.05, 3.63) is 71.8 Å². The fourth-order valence-electron chi connectivity index (χ4n) is 4.62. The third-order valence-electron chi connectivity index (χ3n) is 5.91. The van der Waals surface area contributed by atoms with Gasteiger partial charge >= 0.3 is 0 Å². The van der Waals surface area contributed by atoms with Gasteiger partial charge in [-0.25, -0.2) is 0 Å². The second-order valence-corrected chi connectivity index (χ2v) is 7.28. The summed E-state index contributed by atoms with van der Waals surface area (Å²) in [6.07, 6.45) is 0. The molecule has 6 aromatic rings. The zero-order valence-electron chi connectivity index (χ0n) is 14.8. The number of hydrogen-bond acceptors (Lipinski definition) is 0. The zero-order chi connectivity index (χ0) is 17.4. The van der Waals surface area contributed by atoms with Crippen molar-refractivity contribution in [3.63, 3.8) is 0 Å². The van der Waals surface area contributed by atoms with Crippen LogP contribution in [0.5, 0.6) is 0 Å². The summed E-state index contributed by atoms with van der Waals surface area (Å²) in [5.74, 6) is 0. The topological polar surface area (TPSA) is 31.6 Å². The molecule has 6 rings (SSSR count). The summed E-state index contributed by atoms with van der Waals surface area (Å²) in [6.45, 7) is 4.49. The number of aryl methyl sites for hydroxylation is 2. The molecule has 0 aliphatic carbocycles. The number of nitrogens with one attached hydrogen (secondary N) is 2. The van der Waals surface area contributed by atoms with Crippen molar-refractivity contribution < 1.29 is 0 Å². The van der Waals surface area contributed by atoms with E-state index in [0.29, 0.717) is 0 Å². The Labute approximate surface area is 150 Å². The quantitative estimate of drug-likeness (QED) is 0.309. The van der Waals surface area contributed by atoms with Gasteiger partial charge in [-0.1, -0.05) is 36.4 Å². The van der Waals surface area contributed by atoms with Gasteiger partial charge in [0, 0.05) is 38.1 Å². The van der Waals surface area contributed by atoms with Crippen molar-refractivity contribution in [1.82, 2.24) is 9.97 Å². The van der Waals surface area contributed by atoms with E-state index < -0.39 is 0 Å². The maximum absolute atomic E-state index is 3.62. The highest BCUT2D eigenvalue weighted by Crippen LogP contribution is 2.38. The summed E-state index contributed by atoms with van der Waals surface area (Å²) in [5, 5.41) is 7.92. The van der Waals surface area contributed by atoms with Gasteiger partial charge in [0.05, 0.1) is 5.52 Å². The molecule has 0 spiro atoms. The number of aromatic amines is 2. The lowest BCUT2D eigenvalue weighted by Crippen LogP contribution is -1.86. The summed E-state index contributed by atoms with van der Waals surface area (Å²) in [7, 11) is 0. The van der Waals surface area contributed by atoms with Gasteiger partial charge < -0.3 is 9.97 Å². The number of hydrogen-bond donors (Lipinski definition) is 2. The van der Waals surface area contributed by atoms with E-state index in [-0.39, 0.29) is 0 Å². The summed E-state index contributed by atoms with van der Waals surface area (Å²) >= 11 is 0. The van der Waals surface area contributed by atoms with Gasteiger partial charge in [-0.2, -0.15) is 0 Å². The van der Waals surface area contributed by atoms with Crippen molar-refractivity contribution in [1.29, 1.82) is 0 Å². The van der Waals surface area contributed by atoms with Crippen LogP contribution in [-0.4, -0.2) is 9.97 Å². The number of benzene rings is 4. The first kappa shape index (κ1) is 14.0. The smallest absolute Gasteiger partial charge is 0.0501 e. The monoisotopic (exact) mass is 334 g/mol. The molecule has 0 aliphatic rings. The highest BCUT2D eigenvalue weighted by Gasteiger charge is 2.15. The van der Waals surface area contributed by atoms with Gasteiger partial charge in [0.15, 0.2) is 0 Å². The first-order chi connectivity index (χ1) is 12.7. The molecule has 0 atom stereocenters. The molecule has 0 radical (unpaired) electrons. The number of aromatic nitrogens is 2. The molecule has 2 heterocycles. The molecule has 0 saturated heterocycles. The van der Waals surface area contributed by atoms with E-state index in [9.17, 15) is 0 Å². The molecular weight excluding hydrogens is 316 g/mol. The molecule has 0 fully saturated rings. The molecule has 0 saturated carbocycles. The molecular formula is C24H18N2. The minimum absolute atomic E-state index is 1.20. The third kappa shape index (κ3) is 1.62. The molecule has 124 valence electrons. The second kappa shape index (κ2) is 4.67. The van der Waals surface area contributed by atoms with Gasteiger partial charge in [-0.3, -0.25) is 0 Å². The Balaban J connectivity index is 1.89. The molecule has 2 N–H and O–H groups in total. The van der Waals surface area contributed by atoms with E-state index in [0.717, 1.165) is 0 Å². The Morgan fingerprint density at radius 2 is 1.19 bits per heavy atom. The Morgan fingerprint density at radius 1 is 0.538 bits per heavy atom. The summed E-state index contributed by atoms with van der Waals surface area (Å²) < 4.78 is 0. The molecule has 26 heavy (non-hydrogen) atoms. The van der Waals surface area contributed by atoms with Crippen LogP contribution >= 0.6 is 0 Å². The first-order valence-corrected chi connectivity index (χ1v) is 9.06. The van der Waals surface area contributed by atoms with Gasteiger partial charge in [-0.15, -0.1) is 0 Å². The molecule has 0 unspecified atom stereocenters. The molecule has 4 aromatic carbocycles. The third-order valence-corrected chi connectivity index (χ3v) is 5.91. The standard InChI is InChI=1S/C24H18N2/c1-13-17-11-19-15-7-3-5-9-20(15)26-24(19)14(2)18(17)12-22-23(13)16-8-4-6-10-21(16)25-22/h3-12,25-26H,1-2H3. The number of H-pyrrole nitrogens is 2. The minimum Gasteiger partial charge on any atom is -0.354 e. The SMILES string of the molecule is Cc1c2cc3[nH]c4ccccc4c3c(C)c2cc2c1[nH]c1ccccc12. The minimum atomic E-state index is 1.20. The zero-order valence-corrected chi connectivity index (χ0v) is 14.8. The van der Waals surface area contributed by atoms with Crippen molar-refractivity contribution in [2.75, 3.05) is 0 Å². The van der Waals surface area contributed by atoms with Crippen molar-refractivity contribution >= 4 is 54.4 Å². The van der Waals surface area contributed by atoms with Gasteiger partial charge in [0.1, 0.15) is 0 Å². The largest absolute Gasteiger partial charge is 0.354 e. The van der Waals surface area contributed by atoms with Crippen LogP contribution in [0.3, 0.4) is 0 Å². The fraction of sp³-hybridized carbons (Fsp3) is 0.0833. The van der Waals surface area contributed by atoms with Crippen molar-refractivity contribution in [3.8, 4) is 0 Å². The Morgan fingerprint density at radius 3 is 2.00 bits per heavy atom. The molecule has 2 nitrogen and oxygen atoms in total. The molecule has 2 aromatic heterocycles. The predicted octanol–water partition coefficient (Wildman–Crippen LogP) is 6.73. The lowest BCUT2D eigenvalue weighted by Gasteiger charge is -2.09.